The number of benzene rings is 2. The van der Waals surface area contributed by atoms with Crippen molar-refractivity contribution in [3.8, 4) is 33.6 Å². The number of aromatic amines is 2. The molecule has 0 saturated carbocycles. The lowest BCUT2D eigenvalue weighted by molar-refractivity contribution is -0.136. The summed E-state index contributed by atoms with van der Waals surface area (Å²) in [7, 11) is 2.58. The van der Waals surface area contributed by atoms with Crippen molar-refractivity contribution >= 4 is 24.0 Å². The van der Waals surface area contributed by atoms with E-state index in [-0.39, 0.29) is 35.7 Å². The summed E-state index contributed by atoms with van der Waals surface area (Å²) in [5, 5.41) is 5.38. The molecule has 14 heteroatoms. The molecule has 2 aromatic heterocycles. The minimum absolute atomic E-state index is 0.104. The molecule has 2 aliphatic heterocycles. The SMILES string of the molecule is COC(=O)NC(C(=O)N1CCC[C@@H]1c1ncc(-c2ccc(-c3ccc(-c4cnc(C5CCCN5C(=O)[C@@H](NC(=O)OC)C(C)C)[nH]4)cc3)cc2)[nH]1)C(C)C. The summed E-state index contributed by atoms with van der Waals surface area (Å²) < 4.78 is 9.50. The van der Waals surface area contributed by atoms with Gasteiger partial charge in [0.1, 0.15) is 23.7 Å². The molecule has 2 aromatic carbocycles. The number of carbonyl (C=O) groups excluding carboxylic acids is 4. The summed E-state index contributed by atoms with van der Waals surface area (Å²) in [5.41, 5.74) is 5.78. The summed E-state index contributed by atoms with van der Waals surface area (Å²) in [6.45, 7) is 8.78. The van der Waals surface area contributed by atoms with Crippen LogP contribution in [0.15, 0.2) is 60.9 Å². The molecule has 286 valence electrons. The predicted octanol–water partition coefficient (Wildman–Crippen LogP) is 6.22. The quantitative estimate of drug-likeness (QED) is 0.140. The predicted molar refractivity (Wildman–Crippen MR) is 203 cm³/mol. The van der Waals surface area contributed by atoms with Crippen LogP contribution >= 0.6 is 0 Å². The molecule has 4 atom stereocenters. The molecular weight excluding hydrogens is 688 g/mol. The van der Waals surface area contributed by atoms with Crippen LogP contribution in [0.5, 0.6) is 0 Å². The lowest BCUT2D eigenvalue weighted by Gasteiger charge is -2.30. The number of aromatic nitrogens is 4. The topological polar surface area (TPSA) is 175 Å². The number of nitrogens with one attached hydrogen (secondary N) is 4. The Hall–Kier alpha value is -5.66. The highest BCUT2D eigenvalue weighted by Gasteiger charge is 2.39. The molecule has 6 rings (SSSR count). The van der Waals surface area contributed by atoms with Crippen LogP contribution in [-0.2, 0) is 19.1 Å². The van der Waals surface area contributed by atoms with E-state index in [2.05, 4.69) is 54.8 Å². The van der Waals surface area contributed by atoms with E-state index in [1.165, 1.54) is 14.2 Å². The average Bonchev–Trinajstić information content (AvgIpc) is 4.02. The molecule has 14 nitrogen and oxygen atoms in total. The molecule has 0 radical (unpaired) electrons. The zero-order valence-electron chi connectivity index (χ0n) is 31.7. The summed E-state index contributed by atoms with van der Waals surface area (Å²) >= 11 is 0. The molecular formula is C40H50N8O6. The third-order valence-corrected chi connectivity index (χ3v) is 10.4. The zero-order valence-corrected chi connectivity index (χ0v) is 31.7. The van der Waals surface area contributed by atoms with Crippen LogP contribution in [0.4, 0.5) is 9.59 Å². The van der Waals surface area contributed by atoms with Crippen LogP contribution in [0.2, 0.25) is 0 Å². The number of likely N-dealkylation sites (tertiary alicyclic amines) is 2. The summed E-state index contributed by atoms with van der Waals surface area (Å²) in [4.78, 5) is 70.7. The summed E-state index contributed by atoms with van der Waals surface area (Å²) in [5.74, 6) is 0.955. The van der Waals surface area contributed by atoms with Crippen molar-refractivity contribution < 1.29 is 28.7 Å². The van der Waals surface area contributed by atoms with E-state index in [9.17, 15) is 19.2 Å². The first kappa shape index (κ1) is 38.1. The Morgan fingerprint density at radius 2 is 0.981 bits per heavy atom. The third kappa shape index (κ3) is 8.12. The number of carbonyl (C=O) groups is 4. The molecule has 4 aromatic rings. The minimum atomic E-state index is -0.687. The van der Waals surface area contributed by atoms with Gasteiger partial charge in [-0.05, 0) is 59.8 Å². The molecule has 4 amide bonds. The fraction of sp³-hybridized carbons (Fsp3) is 0.450. The molecule has 2 unspecified atom stereocenters. The van der Waals surface area contributed by atoms with E-state index in [1.807, 2.05) is 52.0 Å². The van der Waals surface area contributed by atoms with Gasteiger partial charge < -0.3 is 39.9 Å². The number of nitrogens with zero attached hydrogens (tertiary/aromatic N) is 4. The Bertz CT molecular complexity index is 1800. The lowest BCUT2D eigenvalue weighted by Crippen LogP contribution is -2.51. The normalized spacial score (nSPS) is 18.1. The number of amides is 4. The van der Waals surface area contributed by atoms with Crippen molar-refractivity contribution in [3.05, 3.63) is 72.6 Å². The number of alkyl carbamates (subject to hydrolysis) is 2. The number of H-pyrrole nitrogens is 2. The van der Waals surface area contributed by atoms with Gasteiger partial charge in [0, 0.05) is 13.1 Å². The maximum atomic E-state index is 13.5. The molecule has 54 heavy (non-hydrogen) atoms. The zero-order chi connectivity index (χ0) is 38.5. The van der Waals surface area contributed by atoms with Gasteiger partial charge in [-0.2, -0.15) is 0 Å². The van der Waals surface area contributed by atoms with Crippen LogP contribution in [0.1, 0.15) is 77.1 Å². The number of rotatable bonds is 11. The maximum Gasteiger partial charge on any atom is 0.407 e. The van der Waals surface area contributed by atoms with Gasteiger partial charge in [0.25, 0.3) is 0 Å². The second kappa shape index (κ2) is 16.6. The highest BCUT2D eigenvalue weighted by Crippen LogP contribution is 2.35. The van der Waals surface area contributed by atoms with Gasteiger partial charge in [-0.15, -0.1) is 0 Å². The van der Waals surface area contributed by atoms with Gasteiger partial charge in [0.15, 0.2) is 0 Å². The van der Waals surface area contributed by atoms with Crippen molar-refractivity contribution in [1.82, 2.24) is 40.4 Å². The van der Waals surface area contributed by atoms with Gasteiger partial charge in [-0.3, -0.25) is 9.59 Å². The minimum Gasteiger partial charge on any atom is -0.453 e. The standard InChI is InChI=1S/C40H50N8O6/c1-23(2)33(45-39(51)53-5)37(49)47-19-7-9-31(47)35-41-21-29(43-35)27-15-11-25(12-16-27)26-13-17-28(18-14-26)30-22-42-36(44-30)32-10-8-20-48(32)38(50)34(24(3)4)46-40(52)54-6/h11-18,21-24,31-34H,7-10,19-20H2,1-6H3,(H,41,43)(H,42,44)(H,45,51)(H,46,52)/t31-,32?,33?,34+/m1/s1. The second-order valence-corrected chi connectivity index (χ2v) is 14.6. The Morgan fingerprint density at radius 1 is 0.630 bits per heavy atom. The monoisotopic (exact) mass is 738 g/mol. The molecule has 0 spiro atoms. The second-order valence-electron chi connectivity index (χ2n) is 14.6. The van der Waals surface area contributed by atoms with E-state index >= 15 is 0 Å². The molecule has 0 bridgehead atoms. The van der Waals surface area contributed by atoms with Crippen LogP contribution in [-0.4, -0.2) is 93.1 Å². The molecule has 4 N–H and O–H groups in total. The Balaban J connectivity index is 1.11. The molecule has 2 saturated heterocycles. The Morgan fingerprint density at radius 3 is 1.31 bits per heavy atom. The smallest absolute Gasteiger partial charge is 0.407 e. The van der Waals surface area contributed by atoms with E-state index in [4.69, 9.17) is 9.47 Å². The first-order valence-corrected chi connectivity index (χ1v) is 18.6. The first-order chi connectivity index (χ1) is 26.0. The Labute approximate surface area is 315 Å². The number of hydrogen-bond donors (Lipinski definition) is 4. The lowest BCUT2D eigenvalue weighted by atomic mass is 10.0. The average molecular weight is 739 g/mol. The maximum absolute atomic E-state index is 13.5. The summed E-state index contributed by atoms with van der Waals surface area (Å²) in [6, 6.07) is 14.7. The summed E-state index contributed by atoms with van der Waals surface area (Å²) in [6.07, 6.45) is 5.61. The van der Waals surface area contributed by atoms with E-state index < -0.39 is 24.3 Å². The van der Waals surface area contributed by atoms with Gasteiger partial charge >= 0.3 is 12.2 Å². The first-order valence-electron chi connectivity index (χ1n) is 18.6. The van der Waals surface area contributed by atoms with Crippen molar-refractivity contribution in [3.63, 3.8) is 0 Å². The van der Waals surface area contributed by atoms with Crippen LogP contribution in [0, 0.1) is 11.8 Å². The van der Waals surface area contributed by atoms with Crippen LogP contribution < -0.4 is 10.6 Å². The Kier molecular flexibility index (Phi) is 11.7. The molecule has 2 aliphatic rings. The number of methoxy groups -OCH3 is 2. The highest BCUT2D eigenvalue weighted by atomic mass is 16.5. The van der Waals surface area contributed by atoms with Crippen molar-refractivity contribution in [2.24, 2.45) is 11.8 Å². The van der Waals surface area contributed by atoms with Crippen LogP contribution in [0.25, 0.3) is 33.6 Å². The van der Waals surface area contributed by atoms with Crippen molar-refractivity contribution in [1.29, 1.82) is 0 Å². The van der Waals surface area contributed by atoms with Gasteiger partial charge in [0.05, 0.1) is 50.1 Å². The van der Waals surface area contributed by atoms with Crippen molar-refractivity contribution in [2.45, 2.75) is 77.5 Å². The number of hydrogen-bond acceptors (Lipinski definition) is 8. The largest absolute Gasteiger partial charge is 0.453 e. The van der Waals surface area contributed by atoms with E-state index in [1.54, 1.807) is 22.2 Å². The molecule has 0 aliphatic carbocycles. The van der Waals surface area contributed by atoms with E-state index in [0.29, 0.717) is 13.1 Å². The van der Waals surface area contributed by atoms with Crippen LogP contribution in [0.3, 0.4) is 0 Å². The van der Waals surface area contributed by atoms with Crippen molar-refractivity contribution in [2.75, 3.05) is 27.3 Å². The number of imidazole rings is 2. The van der Waals surface area contributed by atoms with E-state index in [0.717, 1.165) is 71.0 Å². The van der Waals surface area contributed by atoms with Gasteiger partial charge in [0.2, 0.25) is 11.8 Å². The third-order valence-electron chi connectivity index (χ3n) is 10.4. The van der Waals surface area contributed by atoms with Gasteiger partial charge in [-0.25, -0.2) is 19.6 Å². The highest BCUT2D eigenvalue weighted by molar-refractivity contribution is 5.87. The number of ether oxygens (including phenoxy) is 2. The molecule has 2 fully saturated rings. The fourth-order valence-electron chi connectivity index (χ4n) is 7.38. The fourth-order valence-corrected chi connectivity index (χ4v) is 7.38. The van der Waals surface area contributed by atoms with Gasteiger partial charge in [-0.1, -0.05) is 76.2 Å². The molecule has 4 heterocycles.